The number of halogens is 3. The number of nitrogens with zero attached hydrogens (tertiary/aromatic N) is 1. The summed E-state index contributed by atoms with van der Waals surface area (Å²) < 4.78 is 0. The molecule has 0 aliphatic rings. The molecule has 0 saturated heterocycles. The number of carbonyl (C=O) groups excluding carboxylic acids is 1. The van der Waals surface area contributed by atoms with Crippen molar-refractivity contribution >= 4 is 46.4 Å². The van der Waals surface area contributed by atoms with E-state index in [2.05, 4.69) is 5.32 Å². The standard InChI is InChI=1S/C14H20Cl3N3O/c1-14(2,7-18)8-20(3)6-12(21)19-13-10(16)4-9(15)5-11(13)17/h4-5H,6-8,18H2,1-3H3,(H,19,21). The number of carbonyl (C=O) groups is 1. The third kappa shape index (κ3) is 6.01. The fourth-order valence-electron chi connectivity index (χ4n) is 1.94. The van der Waals surface area contributed by atoms with Gasteiger partial charge < -0.3 is 11.1 Å². The van der Waals surface area contributed by atoms with Gasteiger partial charge in [-0.1, -0.05) is 48.7 Å². The van der Waals surface area contributed by atoms with Crippen molar-refractivity contribution in [2.24, 2.45) is 11.1 Å². The monoisotopic (exact) mass is 351 g/mol. The molecular weight excluding hydrogens is 333 g/mol. The fraction of sp³-hybridized carbons (Fsp3) is 0.500. The number of nitrogens with one attached hydrogen (secondary N) is 1. The third-order valence-corrected chi connectivity index (χ3v) is 3.75. The van der Waals surface area contributed by atoms with Gasteiger partial charge in [-0.2, -0.15) is 0 Å². The van der Waals surface area contributed by atoms with Gasteiger partial charge in [0.25, 0.3) is 0 Å². The van der Waals surface area contributed by atoms with E-state index < -0.39 is 0 Å². The maximum absolute atomic E-state index is 12.1. The number of hydrogen-bond acceptors (Lipinski definition) is 3. The summed E-state index contributed by atoms with van der Waals surface area (Å²) in [5, 5.41) is 3.75. The predicted molar refractivity (Wildman–Crippen MR) is 90.4 cm³/mol. The van der Waals surface area contributed by atoms with Gasteiger partial charge in [-0.05, 0) is 31.1 Å². The van der Waals surface area contributed by atoms with Gasteiger partial charge in [-0.25, -0.2) is 0 Å². The minimum atomic E-state index is -0.198. The largest absolute Gasteiger partial charge is 0.330 e. The number of nitrogens with two attached hydrogens (primary N) is 1. The second-order valence-electron chi connectivity index (χ2n) is 5.83. The summed E-state index contributed by atoms with van der Waals surface area (Å²) in [6.45, 7) is 5.58. The van der Waals surface area contributed by atoms with Crippen molar-refractivity contribution in [1.82, 2.24) is 4.90 Å². The summed E-state index contributed by atoms with van der Waals surface area (Å²) in [5.41, 5.74) is 6.01. The summed E-state index contributed by atoms with van der Waals surface area (Å²) in [4.78, 5) is 14.0. The lowest BCUT2D eigenvalue weighted by Gasteiger charge is -2.28. The summed E-state index contributed by atoms with van der Waals surface area (Å²) in [5.74, 6) is -0.198. The summed E-state index contributed by atoms with van der Waals surface area (Å²) in [6.07, 6.45) is 0. The molecule has 118 valence electrons. The van der Waals surface area contributed by atoms with Crippen molar-refractivity contribution in [2.45, 2.75) is 13.8 Å². The summed E-state index contributed by atoms with van der Waals surface area (Å²) >= 11 is 17.9. The molecule has 0 aliphatic carbocycles. The lowest BCUT2D eigenvalue weighted by molar-refractivity contribution is -0.117. The second-order valence-corrected chi connectivity index (χ2v) is 7.08. The molecule has 0 saturated carbocycles. The Morgan fingerprint density at radius 1 is 1.29 bits per heavy atom. The van der Waals surface area contributed by atoms with Crippen LogP contribution in [0.25, 0.3) is 0 Å². The van der Waals surface area contributed by atoms with E-state index in [0.717, 1.165) is 0 Å². The highest BCUT2D eigenvalue weighted by atomic mass is 35.5. The minimum absolute atomic E-state index is 0.0510. The van der Waals surface area contributed by atoms with Crippen LogP contribution >= 0.6 is 34.8 Å². The van der Waals surface area contributed by atoms with E-state index >= 15 is 0 Å². The number of anilines is 1. The summed E-state index contributed by atoms with van der Waals surface area (Å²) in [7, 11) is 1.86. The molecule has 0 radical (unpaired) electrons. The molecule has 7 heteroatoms. The molecule has 0 bridgehead atoms. The van der Waals surface area contributed by atoms with Crippen LogP contribution in [0, 0.1) is 5.41 Å². The second kappa shape index (κ2) is 7.65. The average Bonchev–Trinajstić information content (AvgIpc) is 2.32. The highest BCUT2D eigenvalue weighted by molar-refractivity contribution is 6.42. The zero-order chi connectivity index (χ0) is 16.2. The van der Waals surface area contributed by atoms with E-state index in [4.69, 9.17) is 40.5 Å². The molecule has 21 heavy (non-hydrogen) atoms. The van der Waals surface area contributed by atoms with Gasteiger partial charge in [0.15, 0.2) is 0 Å². The van der Waals surface area contributed by atoms with E-state index in [1.807, 2.05) is 25.8 Å². The van der Waals surface area contributed by atoms with E-state index in [-0.39, 0.29) is 17.9 Å². The third-order valence-electron chi connectivity index (χ3n) is 2.94. The fourth-order valence-corrected chi connectivity index (χ4v) is 2.85. The quantitative estimate of drug-likeness (QED) is 0.824. The molecule has 1 rings (SSSR count). The van der Waals surface area contributed by atoms with Crippen molar-refractivity contribution in [1.29, 1.82) is 0 Å². The zero-order valence-electron chi connectivity index (χ0n) is 12.3. The van der Waals surface area contributed by atoms with Crippen LogP contribution in [0.3, 0.4) is 0 Å². The molecule has 3 N–H and O–H groups in total. The lowest BCUT2D eigenvalue weighted by Crippen LogP contribution is -2.40. The van der Waals surface area contributed by atoms with Gasteiger partial charge in [0.1, 0.15) is 0 Å². The number of hydrogen-bond donors (Lipinski definition) is 2. The molecule has 0 fully saturated rings. The molecule has 1 amide bonds. The van der Waals surface area contributed by atoms with Crippen molar-refractivity contribution in [2.75, 3.05) is 32.0 Å². The first-order valence-electron chi connectivity index (χ1n) is 6.47. The van der Waals surface area contributed by atoms with E-state index in [1.165, 1.54) is 12.1 Å². The van der Waals surface area contributed by atoms with Crippen LogP contribution in [-0.4, -0.2) is 37.5 Å². The number of benzene rings is 1. The molecule has 0 aromatic heterocycles. The summed E-state index contributed by atoms with van der Waals surface area (Å²) in [6, 6.07) is 3.07. The molecule has 0 aliphatic heterocycles. The molecule has 1 aromatic carbocycles. The highest BCUT2D eigenvalue weighted by Gasteiger charge is 2.20. The smallest absolute Gasteiger partial charge is 0.238 e. The number of amides is 1. The van der Waals surface area contributed by atoms with Crippen LogP contribution in [0.2, 0.25) is 15.1 Å². The maximum Gasteiger partial charge on any atom is 0.238 e. The number of likely N-dealkylation sites (N-methyl/N-ethyl adjacent to an activating group) is 1. The van der Waals surface area contributed by atoms with E-state index in [9.17, 15) is 4.79 Å². The Balaban J connectivity index is 2.66. The lowest BCUT2D eigenvalue weighted by atomic mass is 9.93. The van der Waals surface area contributed by atoms with Gasteiger partial charge >= 0.3 is 0 Å². The van der Waals surface area contributed by atoms with Gasteiger partial charge in [-0.15, -0.1) is 0 Å². The average molecular weight is 353 g/mol. The highest BCUT2D eigenvalue weighted by Crippen LogP contribution is 2.33. The Labute approximate surface area is 140 Å². The van der Waals surface area contributed by atoms with Gasteiger partial charge in [0.05, 0.1) is 22.3 Å². The van der Waals surface area contributed by atoms with Crippen LogP contribution < -0.4 is 11.1 Å². The Hall–Kier alpha value is -0.520. The molecule has 1 aromatic rings. The SMILES string of the molecule is CN(CC(=O)Nc1c(Cl)cc(Cl)cc1Cl)CC(C)(C)CN. The van der Waals surface area contributed by atoms with Crippen LogP contribution in [0.1, 0.15) is 13.8 Å². The van der Waals surface area contributed by atoms with Gasteiger partial charge in [-0.3, -0.25) is 9.69 Å². The predicted octanol–water partition coefficient (Wildman–Crippen LogP) is 3.50. The van der Waals surface area contributed by atoms with Crippen molar-refractivity contribution in [3.63, 3.8) is 0 Å². The molecule has 4 nitrogen and oxygen atoms in total. The van der Waals surface area contributed by atoms with E-state index in [1.54, 1.807) is 0 Å². The first kappa shape index (κ1) is 18.5. The normalized spacial score (nSPS) is 11.8. The molecule has 0 spiro atoms. The Morgan fingerprint density at radius 3 is 2.29 bits per heavy atom. The Kier molecular flexibility index (Phi) is 6.75. The minimum Gasteiger partial charge on any atom is -0.330 e. The Bertz CT molecular complexity index is 497. The molecular formula is C14H20Cl3N3O. The van der Waals surface area contributed by atoms with Crippen molar-refractivity contribution < 1.29 is 4.79 Å². The molecule has 0 atom stereocenters. The Morgan fingerprint density at radius 2 is 1.81 bits per heavy atom. The van der Waals surface area contributed by atoms with Crippen LogP contribution in [0.4, 0.5) is 5.69 Å². The van der Waals surface area contributed by atoms with Crippen LogP contribution in [0.15, 0.2) is 12.1 Å². The molecule has 0 heterocycles. The van der Waals surface area contributed by atoms with Crippen LogP contribution in [-0.2, 0) is 4.79 Å². The van der Waals surface area contributed by atoms with Crippen molar-refractivity contribution in [3.8, 4) is 0 Å². The number of rotatable bonds is 6. The first-order valence-corrected chi connectivity index (χ1v) is 7.61. The van der Waals surface area contributed by atoms with E-state index in [0.29, 0.717) is 33.8 Å². The van der Waals surface area contributed by atoms with Gasteiger partial charge in [0, 0.05) is 11.6 Å². The zero-order valence-corrected chi connectivity index (χ0v) is 14.6. The van der Waals surface area contributed by atoms with Crippen LogP contribution in [0.5, 0.6) is 0 Å². The van der Waals surface area contributed by atoms with Crippen molar-refractivity contribution in [3.05, 3.63) is 27.2 Å². The van der Waals surface area contributed by atoms with Gasteiger partial charge in [0.2, 0.25) is 5.91 Å². The molecule has 0 unspecified atom stereocenters. The maximum atomic E-state index is 12.1. The topological polar surface area (TPSA) is 58.4 Å². The first-order chi connectivity index (χ1) is 9.64.